The molecule has 0 radical (unpaired) electrons. The average Bonchev–Trinajstić information content (AvgIpc) is 4.26. The number of aromatic nitrogens is 6. The monoisotopic (exact) mass is 1120 g/mol. The van der Waals surface area contributed by atoms with Crippen molar-refractivity contribution in [3.63, 3.8) is 0 Å². The Hall–Kier alpha value is -6.98. The maximum atomic E-state index is 13.9. The lowest BCUT2D eigenvalue weighted by Crippen LogP contribution is -2.46. The van der Waals surface area contributed by atoms with Crippen molar-refractivity contribution in [1.29, 1.82) is 0 Å². The molecule has 4 aliphatic rings. The molecule has 6 aromatic rings. The second kappa shape index (κ2) is 19.8. The Labute approximate surface area is 426 Å². The van der Waals surface area contributed by atoms with Gasteiger partial charge in [-0.2, -0.15) is 26.3 Å². The number of fused-ring (bicyclic) bond motifs is 2. The van der Waals surface area contributed by atoms with E-state index < -0.39 is 75.3 Å². The van der Waals surface area contributed by atoms with E-state index in [1.807, 2.05) is 0 Å². The van der Waals surface area contributed by atoms with Crippen molar-refractivity contribution < 1.29 is 44.7 Å². The molecule has 25 heteroatoms. The second-order valence-electron chi connectivity index (χ2n) is 17.4. The van der Waals surface area contributed by atoms with Crippen LogP contribution in [0.1, 0.15) is 83.0 Å². The maximum absolute atomic E-state index is 13.9. The highest BCUT2D eigenvalue weighted by Gasteiger charge is 2.46. The number of benzene rings is 2. The number of anilines is 3. The third-order valence-corrected chi connectivity index (χ3v) is 13.2. The highest BCUT2D eigenvalue weighted by atomic mass is 79.9. The fourth-order valence-electron chi connectivity index (χ4n) is 8.26. The molecule has 0 saturated heterocycles. The van der Waals surface area contributed by atoms with Crippen molar-refractivity contribution in [1.82, 2.24) is 39.7 Å². The molecule has 0 bridgehead atoms. The number of halogens is 11. The van der Waals surface area contributed by atoms with Crippen molar-refractivity contribution in [2.45, 2.75) is 63.2 Å². The van der Waals surface area contributed by atoms with E-state index in [1.165, 1.54) is 72.2 Å². The lowest BCUT2D eigenvalue weighted by Gasteiger charge is -2.28. The third-order valence-electron chi connectivity index (χ3n) is 12.0. The molecule has 2 atom stereocenters. The van der Waals surface area contributed by atoms with Crippen molar-refractivity contribution in [3.8, 4) is 0 Å². The van der Waals surface area contributed by atoms with Crippen LogP contribution in [0, 0.1) is 23.5 Å². The van der Waals surface area contributed by atoms with Crippen LogP contribution < -0.4 is 32.8 Å². The number of allylic oxidation sites excluding steroid dienone is 2. The molecule has 380 valence electrons. The van der Waals surface area contributed by atoms with Gasteiger partial charge in [0.15, 0.2) is 0 Å². The van der Waals surface area contributed by atoms with E-state index in [9.17, 15) is 54.3 Å². The number of carbonyl (C=O) groups excluding carboxylic acids is 2. The van der Waals surface area contributed by atoms with Gasteiger partial charge in [-0.1, -0.05) is 47.5 Å². The van der Waals surface area contributed by atoms with Crippen LogP contribution in [0.5, 0.6) is 0 Å². The van der Waals surface area contributed by atoms with E-state index in [1.54, 1.807) is 19.1 Å². The smallest absolute Gasteiger partial charge is 0.384 e. The zero-order valence-corrected chi connectivity index (χ0v) is 40.9. The molecule has 14 nitrogen and oxygen atoms in total. The molecule has 2 aliphatic heterocycles. The number of nitrogens with zero attached hydrogens (tertiary/aromatic N) is 6. The molecule has 2 amide bonds. The molecule has 5 N–H and O–H groups in total. The largest absolute Gasteiger partial charge is 0.413 e. The zero-order valence-electron chi connectivity index (χ0n) is 37.8. The fourth-order valence-corrected chi connectivity index (χ4v) is 9.35. The summed E-state index contributed by atoms with van der Waals surface area (Å²) in [6.45, 7) is 3.15. The van der Waals surface area contributed by atoms with Gasteiger partial charge in [-0.15, -0.1) is 0 Å². The van der Waals surface area contributed by atoms with Crippen LogP contribution in [-0.2, 0) is 11.3 Å². The standard InChI is InChI=1S/C24H18ClF4N5O2.C14H9BrClFN2O2.C10H10F3N3/c1-23(13-3-2-4-14(26)7-13)33-21(35)20-17(25)10-18(22(36)34(20)23)32-19-9-15(30-11-31-19)8-16(12-5-6-12)24(27,28)29;1-14(7-3-2-4-8(17)5-7)18-12(20)11-10(16)6-9(15)13(21)19(11)14;11-10(12,13)8(6-1-2-6)3-7-4-9(14)16-5-15-7/h2-4,7-12H,5-6H2,1H3,(H,33,35)(H,30,31,32);2-6H,1H3,(H,18,20);3-6H,1-2H2,(H2,14,15,16)/b16-8-;;8-3-. The topological polar surface area (TPSA) is 192 Å². The van der Waals surface area contributed by atoms with Crippen LogP contribution in [0.3, 0.4) is 0 Å². The number of nitrogens with one attached hydrogen (secondary N) is 3. The van der Waals surface area contributed by atoms with E-state index in [0.29, 0.717) is 36.8 Å². The molecule has 0 spiro atoms. The number of alkyl halides is 6. The number of nitrogen functional groups attached to an aromatic ring is 1. The second-order valence-corrected chi connectivity index (χ2v) is 19.0. The lowest BCUT2D eigenvalue weighted by atomic mass is 10.0. The predicted molar refractivity (Wildman–Crippen MR) is 258 cm³/mol. The number of pyridine rings is 2. The molecule has 73 heavy (non-hydrogen) atoms. The Kier molecular flexibility index (Phi) is 14.2. The lowest BCUT2D eigenvalue weighted by molar-refractivity contribution is -0.0953. The van der Waals surface area contributed by atoms with Crippen LogP contribution in [0.15, 0.2) is 111 Å². The van der Waals surface area contributed by atoms with Crippen LogP contribution in [-0.4, -0.2) is 53.2 Å². The molecule has 2 aliphatic carbocycles. The Morgan fingerprint density at radius 1 is 0.685 bits per heavy atom. The van der Waals surface area contributed by atoms with Gasteiger partial charge in [0.25, 0.3) is 22.9 Å². The fraction of sp³-hybridized carbons (Fsp3) is 0.250. The molecule has 6 heterocycles. The highest BCUT2D eigenvalue weighted by Crippen LogP contribution is 2.46. The summed E-state index contributed by atoms with van der Waals surface area (Å²) in [6, 6.07) is 16.4. The van der Waals surface area contributed by atoms with Gasteiger partial charge >= 0.3 is 12.4 Å². The summed E-state index contributed by atoms with van der Waals surface area (Å²) in [7, 11) is 0. The minimum atomic E-state index is -4.48. The van der Waals surface area contributed by atoms with Gasteiger partial charge in [0.2, 0.25) is 0 Å². The first-order chi connectivity index (χ1) is 34.3. The molecular weight excluding hydrogens is 1080 g/mol. The summed E-state index contributed by atoms with van der Waals surface area (Å²) in [4.78, 5) is 66.0. The van der Waals surface area contributed by atoms with Gasteiger partial charge < -0.3 is 21.7 Å². The maximum Gasteiger partial charge on any atom is 0.413 e. The van der Waals surface area contributed by atoms with E-state index in [0.717, 1.165) is 29.4 Å². The summed E-state index contributed by atoms with van der Waals surface area (Å²) in [5.41, 5.74) is 1.29. The van der Waals surface area contributed by atoms with Crippen molar-refractivity contribution >= 4 is 80.4 Å². The number of hydrogen-bond donors (Lipinski definition) is 4. The molecular formula is C48H37BrCl2F8N10O4. The van der Waals surface area contributed by atoms with Gasteiger partial charge in [0.1, 0.15) is 64.3 Å². The van der Waals surface area contributed by atoms with E-state index >= 15 is 0 Å². The molecule has 2 saturated carbocycles. The van der Waals surface area contributed by atoms with Crippen LogP contribution in [0.4, 0.5) is 52.4 Å². The summed E-state index contributed by atoms with van der Waals surface area (Å²) in [5, 5.41) is 8.24. The number of nitrogens with two attached hydrogens (primary N) is 1. The van der Waals surface area contributed by atoms with Crippen molar-refractivity contribution in [2.24, 2.45) is 11.8 Å². The van der Waals surface area contributed by atoms with Gasteiger partial charge in [-0.05, 0) is 116 Å². The number of hydrogen-bond acceptors (Lipinski definition) is 10. The minimum Gasteiger partial charge on any atom is -0.384 e. The van der Waals surface area contributed by atoms with E-state index in [4.69, 9.17) is 28.9 Å². The van der Waals surface area contributed by atoms with Gasteiger partial charge in [-0.25, -0.2) is 28.7 Å². The SMILES string of the molecule is CC1(c2cccc(F)c2)NC(=O)c2c(Cl)cc(Br)c(=O)n21.CC1(c2cccc(F)c2)NC(=O)c2c(Cl)cc(Nc3cc(/C=C(/C4CC4)C(F)(F)F)ncn3)c(=O)n21.Nc1cc(/C=C(/C2CC2)C(F)(F)F)ncn1. The molecule has 2 aromatic carbocycles. The van der Waals surface area contributed by atoms with Crippen LogP contribution in [0.25, 0.3) is 12.2 Å². The van der Waals surface area contributed by atoms with E-state index in [2.05, 4.69) is 51.8 Å². The Balaban J connectivity index is 0.000000162. The normalized spacial score (nSPS) is 19.4. The quantitative estimate of drug-likeness (QED) is 0.107. The number of rotatable bonds is 8. The minimum absolute atomic E-state index is 0.0144. The third kappa shape index (κ3) is 11.0. The van der Waals surface area contributed by atoms with E-state index in [-0.39, 0.29) is 60.5 Å². The summed E-state index contributed by atoms with van der Waals surface area (Å²) in [5.74, 6) is -2.83. The average molecular weight is 1120 g/mol. The first-order valence-corrected chi connectivity index (χ1v) is 23.3. The summed E-state index contributed by atoms with van der Waals surface area (Å²) < 4.78 is 108. The summed E-state index contributed by atoms with van der Waals surface area (Å²) in [6.07, 6.45) is -2.42. The number of carbonyl (C=O) groups is 2. The first-order valence-electron chi connectivity index (χ1n) is 21.8. The van der Waals surface area contributed by atoms with Gasteiger partial charge in [0.05, 0.1) is 25.9 Å². The summed E-state index contributed by atoms with van der Waals surface area (Å²) >= 11 is 15.5. The zero-order chi connectivity index (χ0) is 52.9. The van der Waals surface area contributed by atoms with Crippen LogP contribution in [0.2, 0.25) is 10.0 Å². The molecule has 4 aromatic heterocycles. The Morgan fingerprint density at radius 2 is 1.14 bits per heavy atom. The Morgan fingerprint density at radius 3 is 1.59 bits per heavy atom. The molecule has 2 fully saturated rings. The predicted octanol–water partition coefficient (Wildman–Crippen LogP) is 10.3. The molecule has 2 unspecified atom stereocenters. The molecule has 10 rings (SSSR count). The first kappa shape index (κ1) is 52.3. The Bertz CT molecular complexity index is 3400. The van der Waals surface area contributed by atoms with Gasteiger partial charge in [0, 0.05) is 34.4 Å². The van der Waals surface area contributed by atoms with Crippen molar-refractivity contribution in [2.75, 3.05) is 11.1 Å². The number of amides is 2. The highest BCUT2D eigenvalue weighted by molar-refractivity contribution is 9.10. The van der Waals surface area contributed by atoms with Crippen LogP contribution >= 0.6 is 39.1 Å². The van der Waals surface area contributed by atoms with Gasteiger partial charge in [-0.3, -0.25) is 28.3 Å². The van der Waals surface area contributed by atoms with Crippen molar-refractivity contribution in [3.05, 3.63) is 177 Å².